The minimum atomic E-state index is -0.650. The second-order valence-electron chi connectivity index (χ2n) is 8.57. The predicted octanol–water partition coefficient (Wildman–Crippen LogP) is 2.26. The van der Waals surface area contributed by atoms with Gasteiger partial charge in [-0.2, -0.15) is 0 Å². The number of aromatic nitrogens is 1. The number of aryl methyl sites for hydroxylation is 1. The number of amides is 3. The van der Waals surface area contributed by atoms with E-state index in [4.69, 9.17) is 9.47 Å². The number of H-pyrrole nitrogens is 1. The summed E-state index contributed by atoms with van der Waals surface area (Å²) in [5.74, 6) is -1.18. The Bertz CT molecular complexity index is 1180. The van der Waals surface area contributed by atoms with Crippen LogP contribution in [0, 0.1) is 19.7 Å². The molecule has 2 aliphatic rings. The molecule has 35 heavy (non-hydrogen) atoms. The number of fused-ring (bicyclic) bond motifs is 1. The Hall–Kier alpha value is -3.50. The molecule has 3 N–H and O–H groups in total. The Kier molecular flexibility index (Phi) is 7.32. The van der Waals surface area contributed by atoms with Gasteiger partial charge in [-0.15, -0.1) is 0 Å². The number of nitrogens with zero attached hydrogens (tertiary/aromatic N) is 1. The van der Waals surface area contributed by atoms with Gasteiger partial charge in [-0.1, -0.05) is 0 Å². The largest absolute Gasteiger partial charge is 0.378 e. The van der Waals surface area contributed by atoms with Gasteiger partial charge in [0, 0.05) is 49.4 Å². The highest BCUT2D eigenvalue weighted by molar-refractivity contribution is 6.34. The minimum Gasteiger partial charge on any atom is -0.378 e. The quantitative estimate of drug-likeness (QED) is 0.522. The van der Waals surface area contributed by atoms with Crippen LogP contribution < -0.4 is 10.6 Å². The van der Waals surface area contributed by atoms with Crippen LogP contribution in [0.1, 0.15) is 39.3 Å². The van der Waals surface area contributed by atoms with Gasteiger partial charge in [-0.25, -0.2) is 4.39 Å². The number of anilines is 1. The van der Waals surface area contributed by atoms with Crippen LogP contribution in [0.4, 0.5) is 10.1 Å². The van der Waals surface area contributed by atoms with E-state index >= 15 is 0 Å². The standard InChI is InChI=1S/C25H29FN4O5/c1-14-20(13-18-17-12-16(26)4-5-19(17)29-23(18)31)28-15(2)22(14)24(32)27-7-6-21(34-3)25(33)30-8-10-35-11-9-30/h4-5,12-13,21,28H,6-11H2,1-3H3,(H,27,32)(H,29,31)/t21-/m0/s1. The van der Waals surface area contributed by atoms with E-state index in [0.717, 1.165) is 0 Å². The summed E-state index contributed by atoms with van der Waals surface area (Å²) in [6.07, 6.45) is 1.31. The smallest absolute Gasteiger partial charge is 0.256 e. The average Bonchev–Trinajstić information content (AvgIpc) is 3.31. The zero-order valence-electron chi connectivity index (χ0n) is 20.0. The summed E-state index contributed by atoms with van der Waals surface area (Å²) >= 11 is 0. The van der Waals surface area contributed by atoms with Gasteiger partial charge in [0.05, 0.1) is 24.4 Å². The number of carbonyl (C=O) groups is 3. The second kappa shape index (κ2) is 10.4. The van der Waals surface area contributed by atoms with Crippen molar-refractivity contribution in [3.05, 3.63) is 52.1 Å². The van der Waals surface area contributed by atoms with Gasteiger partial charge >= 0.3 is 0 Å². The zero-order chi connectivity index (χ0) is 25.1. The Morgan fingerprint density at radius 2 is 2.03 bits per heavy atom. The van der Waals surface area contributed by atoms with Crippen molar-refractivity contribution in [2.24, 2.45) is 0 Å². The van der Waals surface area contributed by atoms with E-state index in [1.165, 1.54) is 25.3 Å². The third kappa shape index (κ3) is 5.13. The molecule has 0 unspecified atom stereocenters. The molecular weight excluding hydrogens is 455 g/mol. The van der Waals surface area contributed by atoms with Gasteiger partial charge < -0.3 is 30.0 Å². The fourth-order valence-corrected chi connectivity index (χ4v) is 4.44. The van der Waals surface area contributed by atoms with Gasteiger partial charge in [0.25, 0.3) is 17.7 Å². The summed E-state index contributed by atoms with van der Waals surface area (Å²) in [5, 5.41) is 5.58. The van der Waals surface area contributed by atoms with E-state index in [1.54, 1.807) is 24.8 Å². The summed E-state index contributed by atoms with van der Waals surface area (Å²) in [6.45, 7) is 5.87. The number of hydrogen-bond donors (Lipinski definition) is 3. The number of ether oxygens (including phenoxy) is 2. The number of morpholine rings is 1. The number of methoxy groups -OCH3 is 1. The Labute approximate surface area is 202 Å². The molecular formula is C25H29FN4O5. The van der Waals surface area contributed by atoms with E-state index in [0.29, 0.717) is 72.1 Å². The maximum Gasteiger partial charge on any atom is 0.256 e. The van der Waals surface area contributed by atoms with Gasteiger partial charge in [0.2, 0.25) is 0 Å². The molecule has 1 atom stereocenters. The minimum absolute atomic E-state index is 0.112. The third-order valence-electron chi connectivity index (χ3n) is 6.33. The molecule has 1 fully saturated rings. The van der Waals surface area contributed by atoms with E-state index in [1.807, 2.05) is 0 Å². The van der Waals surface area contributed by atoms with Crippen LogP contribution in [0.15, 0.2) is 18.2 Å². The molecule has 9 nitrogen and oxygen atoms in total. The van der Waals surface area contributed by atoms with Crippen molar-refractivity contribution >= 4 is 35.1 Å². The zero-order valence-corrected chi connectivity index (χ0v) is 20.0. The molecule has 2 aliphatic heterocycles. The highest BCUT2D eigenvalue weighted by Crippen LogP contribution is 2.34. The first kappa shape index (κ1) is 24.6. The van der Waals surface area contributed by atoms with Gasteiger partial charge in [0.1, 0.15) is 11.9 Å². The van der Waals surface area contributed by atoms with Crippen molar-refractivity contribution in [2.45, 2.75) is 26.4 Å². The summed E-state index contributed by atoms with van der Waals surface area (Å²) < 4.78 is 24.4. The molecule has 10 heteroatoms. The first-order chi connectivity index (χ1) is 16.8. The number of benzene rings is 1. The van der Waals surface area contributed by atoms with Crippen LogP contribution in [0.2, 0.25) is 0 Å². The monoisotopic (exact) mass is 484 g/mol. The number of hydrogen-bond acceptors (Lipinski definition) is 5. The number of carbonyl (C=O) groups excluding carboxylic acids is 3. The van der Waals surface area contributed by atoms with Gasteiger partial charge in [0.15, 0.2) is 0 Å². The van der Waals surface area contributed by atoms with Crippen molar-refractivity contribution < 1.29 is 28.2 Å². The molecule has 186 valence electrons. The normalized spacial score (nSPS) is 17.3. The van der Waals surface area contributed by atoms with Crippen molar-refractivity contribution in [2.75, 3.05) is 45.3 Å². The van der Waals surface area contributed by atoms with Gasteiger partial charge in [-0.05, 0) is 50.1 Å². The SMILES string of the molecule is CO[C@@H](CCNC(=O)c1c(C)[nH]c(C=C2C(=O)Nc3ccc(F)cc32)c1C)C(=O)N1CCOCC1. The van der Waals surface area contributed by atoms with Crippen LogP contribution in [-0.4, -0.2) is 73.7 Å². The maximum absolute atomic E-state index is 13.7. The van der Waals surface area contributed by atoms with E-state index in [2.05, 4.69) is 15.6 Å². The van der Waals surface area contributed by atoms with Crippen molar-refractivity contribution in [3.8, 4) is 0 Å². The Morgan fingerprint density at radius 1 is 1.29 bits per heavy atom. The molecule has 0 aliphatic carbocycles. The summed E-state index contributed by atoms with van der Waals surface area (Å²) in [4.78, 5) is 42.9. The lowest BCUT2D eigenvalue weighted by molar-refractivity contribution is -0.146. The van der Waals surface area contributed by atoms with Crippen molar-refractivity contribution in [1.29, 1.82) is 0 Å². The molecule has 0 saturated carbocycles. The Balaban J connectivity index is 1.44. The summed E-state index contributed by atoms with van der Waals surface area (Å²) in [7, 11) is 1.48. The lowest BCUT2D eigenvalue weighted by Gasteiger charge is -2.29. The topological polar surface area (TPSA) is 113 Å². The number of halogens is 1. The molecule has 4 rings (SSSR count). The lowest BCUT2D eigenvalue weighted by Crippen LogP contribution is -2.47. The third-order valence-corrected chi connectivity index (χ3v) is 6.33. The number of nitrogens with one attached hydrogen (secondary N) is 3. The molecule has 1 saturated heterocycles. The van der Waals surface area contributed by atoms with E-state index < -0.39 is 11.9 Å². The first-order valence-corrected chi connectivity index (χ1v) is 11.5. The summed E-state index contributed by atoms with van der Waals surface area (Å²) in [6, 6.07) is 4.12. The van der Waals surface area contributed by atoms with Crippen LogP contribution in [0.5, 0.6) is 0 Å². The second-order valence-corrected chi connectivity index (χ2v) is 8.57. The molecule has 0 bridgehead atoms. The first-order valence-electron chi connectivity index (χ1n) is 11.5. The van der Waals surface area contributed by atoms with Crippen molar-refractivity contribution in [3.63, 3.8) is 0 Å². The van der Waals surface area contributed by atoms with E-state index in [-0.39, 0.29) is 24.3 Å². The molecule has 1 aromatic carbocycles. The molecule has 3 amide bonds. The lowest BCUT2D eigenvalue weighted by atomic mass is 10.0. The van der Waals surface area contributed by atoms with E-state index in [9.17, 15) is 18.8 Å². The highest BCUT2D eigenvalue weighted by Gasteiger charge is 2.27. The maximum atomic E-state index is 13.7. The van der Waals surface area contributed by atoms with Crippen LogP contribution in [0.25, 0.3) is 11.6 Å². The number of rotatable bonds is 7. The summed E-state index contributed by atoms with van der Waals surface area (Å²) in [5.41, 5.74) is 3.69. The van der Waals surface area contributed by atoms with Gasteiger partial charge in [-0.3, -0.25) is 14.4 Å². The Morgan fingerprint density at radius 3 is 2.74 bits per heavy atom. The molecule has 1 aromatic heterocycles. The van der Waals surface area contributed by atoms with Crippen LogP contribution in [0.3, 0.4) is 0 Å². The molecule has 2 aromatic rings. The molecule has 0 spiro atoms. The molecule has 3 heterocycles. The van der Waals surface area contributed by atoms with Crippen molar-refractivity contribution in [1.82, 2.24) is 15.2 Å². The predicted molar refractivity (Wildman–Crippen MR) is 128 cm³/mol. The fraction of sp³-hybridized carbons (Fsp3) is 0.400. The van der Waals surface area contributed by atoms with Crippen LogP contribution >= 0.6 is 0 Å². The fourth-order valence-electron chi connectivity index (χ4n) is 4.44. The van der Waals surface area contributed by atoms with Crippen LogP contribution in [-0.2, 0) is 19.1 Å². The average molecular weight is 485 g/mol. The highest BCUT2D eigenvalue weighted by atomic mass is 19.1. The number of aromatic amines is 1. The molecule has 0 radical (unpaired) electrons.